The van der Waals surface area contributed by atoms with Gasteiger partial charge < -0.3 is 13.9 Å². The molecule has 8 heteroatoms. The number of hydrogen-bond donors (Lipinski definition) is 1. The van der Waals surface area contributed by atoms with Gasteiger partial charge in [-0.15, -0.1) is 11.3 Å². The van der Waals surface area contributed by atoms with Crippen LogP contribution >= 0.6 is 11.3 Å². The molecular weight excluding hydrogens is 374 g/mol. The number of nitrogens with one attached hydrogen (secondary N) is 1. The van der Waals surface area contributed by atoms with E-state index in [-0.39, 0.29) is 11.4 Å². The molecule has 3 heterocycles. The molecule has 1 N–H and O–H groups in total. The molecule has 136 valence electrons. The summed E-state index contributed by atoms with van der Waals surface area (Å²) in [5, 5.41) is 1.97. The van der Waals surface area contributed by atoms with Crippen molar-refractivity contribution in [2.24, 2.45) is 0 Å². The van der Waals surface area contributed by atoms with E-state index in [1.807, 2.05) is 17.5 Å². The lowest BCUT2D eigenvalue weighted by Crippen LogP contribution is -2.22. The number of hydrogen-bond acceptors (Lipinski definition) is 6. The van der Waals surface area contributed by atoms with E-state index in [2.05, 4.69) is 4.72 Å². The molecule has 4 rings (SSSR count). The molecular formula is C18H17NO5S2. The van der Waals surface area contributed by atoms with Gasteiger partial charge in [-0.05, 0) is 35.2 Å². The molecule has 26 heavy (non-hydrogen) atoms. The second-order valence-corrected chi connectivity index (χ2v) is 8.56. The van der Waals surface area contributed by atoms with E-state index in [4.69, 9.17) is 13.9 Å². The van der Waals surface area contributed by atoms with Gasteiger partial charge in [0.25, 0.3) is 0 Å². The summed E-state index contributed by atoms with van der Waals surface area (Å²) in [7, 11) is -3.65. The van der Waals surface area contributed by atoms with Crippen molar-refractivity contribution >= 4 is 21.4 Å². The minimum absolute atomic E-state index is 0.161. The highest BCUT2D eigenvalue weighted by molar-refractivity contribution is 7.89. The fraction of sp³-hybridized carbons (Fsp3) is 0.222. The largest absolute Gasteiger partial charge is 0.490 e. The molecule has 0 spiro atoms. The molecule has 0 aliphatic carbocycles. The number of sulfonamides is 1. The molecule has 0 amide bonds. The van der Waals surface area contributed by atoms with Gasteiger partial charge in [-0.25, -0.2) is 13.1 Å². The Balaban J connectivity index is 1.48. The first-order valence-electron chi connectivity index (χ1n) is 8.11. The van der Waals surface area contributed by atoms with Crippen LogP contribution in [-0.2, 0) is 16.6 Å². The smallest absolute Gasteiger partial charge is 0.241 e. The van der Waals surface area contributed by atoms with E-state index in [0.717, 1.165) is 22.4 Å². The lowest BCUT2D eigenvalue weighted by atomic mass is 10.2. The summed E-state index contributed by atoms with van der Waals surface area (Å²) >= 11 is 1.50. The Kier molecular flexibility index (Phi) is 4.71. The first-order chi connectivity index (χ1) is 12.6. The van der Waals surface area contributed by atoms with Crippen LogP contribution in [0.15, 0.2) is 57.6 Å². The highest BCUT2D eigenvalue weighted by Gasteiger charge is 2.19. The predicted octanol–water partition coefficient (Wildman–Crippen LogP) is 3.65. The molecule has 0 saturated heterocycles. The van der Waals surface area contributed by atoms with Crippen molar-refractivity contribution in [2.75, 3.05) is 13.2 Å². The summed E-state index contributed by atoms with van der Waals surface area (Å²) in [6, 6.07) is 8.49. The van der Waals surface area contributed by atoms with Crippen LogP contribution in [0.3, 0.4) is 0 Å². The lowest BCUT2D eigenvalue weighted by Gasteiger charge is -2.10. The zero-order valence-corrected chi connectivity index (χ0v) is 15.4. The average Bonchev–Trinajstić information content (AvgIpc) is 3.27. The number of thiophene rings is 1. The third kappa shape index (κ3) is 3.62. The number of rotatable bonds is 5. The van der Waals surface area contributed by atoms with Crippen molar-refractivity contribution in [1.82, 2.24) is 4.72 Å². The summed E-state index contributed by atoms with van der Waals surface area (Å²) in [5.74, 6) is 1.04. The van der Waals surface area contributed by atoms with E-state index >= 15 is 0 Å². The van der Waals surface area contributed by atoms with Crippen LogP contribution in [0.1, 0.15) is 11.3 Å². The van der Waals surface area contributed by atoms with Crippen molar-refractivity contribution < 1.29 is 22.3 Å². The molecule has 3 aromatic rings. The van der Waals surface area contributed by atoms with Crippen molar-refractivity contribution in [3.63, 3.8) is 0 Å². The third-order valence-electron chi connectivity index (χ3n) is 3.97. The van der Waals surface area contributed by atoms with Crippen LogP contribution in [-0.4, -0.2) is 21.6 Å². The van der Waals surface area contributed by atoms with Gasteiger partial charge in [-0.3, -0.25) is 0 Å². The number of benzene rings is 1. The van der Waals surface area contributed by atoms with Crippen LogP contribution in [0, 0.1) is 0 Å². The van der Waals surface area contributed by atoms with Gasteiger partial charge >= 0.3 is 0 Å². The molecule has 0 radical (unpaired) electrons. The van der Waals surface area contributed by atoms with Crippen molar-refractivity contribution in [2.45, 2.75) is 17.9 Å². The Bertz CT molecular complexity index is 993. The fourth-order valence-electron chi connectivity index (χ4n) is 2.61. The number of ether oxygens (including phenoxy) is 2. The van der Waals surface area contributed by atoms with E-state index in [1.54, 1.807) is 18.6 Å². The molecule has 0 bridgehead atoms. The first-order valence-corrected chi connectivity index (χ1v) is 10.5. The van der Waals surface area contributed by atoms with Crippen LogP contribution in [0.4, 0.5) is 0 Å². The quantitative estimate of drug-likeness (QED) is 0.718. The summed E-state index contributed by atoms with van der Waals surface area (Å²) in [4.78, 5) is 1.08. The van der Waals surface area contributed by atoms with Crippen molar-refractivity contribution in [3.8, 4) is 22.6 Å². The molecule has 1 aliphatic rings. The summed E-state index contributed by atoms with van der Waals surface area (Å²) < 4.78 is 44.0. The minimum atomic E-state index is -3.65. The molecule has 6 nitrogen and oxygen atoms in total. The maximum atomic E-state index is 12.6. The van der Waals surface area contributed by atoms with Crippen molar-refractivity contribution in [1.29, 1.82) is 0 Å². The maximum Gasteiger partial charge on any atom is 0.241 e. The Morgan fingerprint density at radius 1 is 1.04 bits per heavy atom. The molecule has 0 atom stereocenters. The normalized spacial score (nSPS) is 14.2. The summed E-state index contributed by atoms with van der Waals surface area (Å²) in [5.41, 5.74) is 1.98. The van der Waals surface area contributed by atoms with Gasteiger partial charge in [0, 0.05) is 29.5 Å². The molecule has 2 aromatic heterocycles. The van der Waals surface area contributed by atoms with E-state index in [0.29, 0.717) is 24.7 Å². The Hall–Kier alpha value is -2.29. The number of fused-ring (bicyclic) bond motifs is 1. The molecule has 1 aliphatic heterocycles. The van der Waals surface area contributed by atoms with Gasteiger partial charge in [0.15, 0.2) is 11.5 Å². The first kappa shape index (κ1) is 17.1. The SMILES string of the molecule is O=S(=O)(NCc1cc(-c2ccoc2)cs1)c1ccc2c(c1)OCCCO2. The minimum Gasteiger partial charge on any atom is -0.490 e. The summed E-state index contributed by atoms with van der Waals surface area (Å²) in [6.07, 6.45) is 4.04. The highest BCUT2D eigenvalue weighted by atomic mass is 32.2. The maximum absolute atomic E-state index is 12.6. The zero-order chi connectivity index (χ0) is 18.0. The van der Waals surface area contributed by atoms with Gasteiger partial charge in [0.1, 0.15) is 0 Å². The predicted molar refractivity (Wildman–Crippen MR) is 98.1 cm³/mol. The van der Waals surface area contributed by atoms with E-state index in [9.17, 15) is 8.42 Å². The lowest BCUT2D eigenvalue weighted by molar-refractivity contribution is 0.297. The van der Waals surface area contributed by atoms with E-state index in [1.165, 1.54) is 23.5 Å². The zero-order valence-electron chi connectivity index (χ0n) is 13.8. The van der Waals surface area contributed by atoms with Gasteiger partial charge in [0.2, 0.25) is 10.0 Å². The fourth-order valence-corrected chi connectivity index (χ4v) is 4.56. The van der Waals surface area contributed by atoms with Gasteiger partial charge in [-0.2, -0.15) is 0 Å². The molecule has 1 aromatic carbocycles. The summed E-state index contributed by atoms with van der Waals surface area (Å²) in [6.45, 7) is 1.30. The van der Waals surface area contributed by atoms with E-state index < -0.39 is 10.0 Å². The highest BCUT2D eigenvalue weighted by Crippen LogP contribution is 2.32. The third-order valence-corrected chi connectivity index (χ3v) is 6.31. The van der Waals surface area contributed by atoms with Crippen LogP contribution < -0.4 is 14.2 Å². The second-order valence-electron chi connectivity index (χ2n) is 5.80. The Labute approximate surface area is 155 Å². The van der Waals surface area contributed by atoms with Crippen LogP contribution in [0.25, 0.3) is 11.1 Å². The Morgan fingerprint density at radius 3 is 2.69 bits per heavy atom. The number of furan rings is 1. The average molecular weight is 391 g/mol. The monoisotopic (exact) mass is 391 g/mol. The van der Waals surface area contributed by atoms with Crippen LogP contribution in [0.2, 0.25) is 0 Å². The second kappa shape index (κ2) is 7.14. The molecule has 0 unspecified atom stereocenters. The molecule has 0 saturated carbocycles. The Morgan fingerprint density at radius 2 is 1.88 bits per heavy atom. The van der Waals surface area contributed by atoms with Gasteiger partial charge in [-0.1, -0.05) is 0 Å². The standard InChI is InChI=1S/C18H17NO5S2/c20-26(21,16-2-3-17-18(9-16)24-6-1-5-23-17)19-10-15-8-14(12-25-15)13-4-7-22-11-13/h2-4,7-9,11-12,19H,1,5-6,10H2. The van der Waals surface area contributed by atoms with Crippen LogP contribution in [0.5, 0.6) is 11.5 Å². The van der Waals surface area contributed by atoms with Crippen molar-refractivity contribution in [3.05, 3.63) is 53.1 Å². The topological polar surface area (TPSA) is 77.8 Å². The van der Waals surface area contributed by atoms with Gasteiger partial charge in [0.05, 0.1) is 30.6 Å². The molecule has 0 fully saturated rings.